The topological polar surface area (TPSA) is 115 Å². The van der Waals surface area contributed by atoms with Gasteiger partial charge in [0.05, 0.1) is 23.8 Å². The highest BCUT2D eigenvalue weighted by Crippen LogP contribution is 2.28. The third-order valence-electron chi connectivity index (χ3n) is 5.76. The molecule has 0 bridgehead atoms. The average molecular weight is 487 g/mol. The molecule has 0 fully saturated rings. The quantitative estimate of drug-likeness (QED) is 0.335. The summed E-state index contributed by atoms with van der Waals surface area (Å²) >= 11 is 0. The number of hydrogen-bond donors (Lipinski definition) is 3. The SMILES string of the molecule is Cn1c(NCC(Cc2ccccc2)NC(=O)CN)nc(-c2ccncc2)c(-c2ccc(F)cc2)c1=O. The molecule has 4 rings (SSSR count). The Kier molecular flexibility index (Phi) is 7.82. The number of halogens is 1. The molecule has 0 aliphatic carbocycles. The lowest BCUT2D eigenvalue weighted by Crippen LogP contribution is -2.44. The molecule has 1 unspecified atom stereocenters. The van der Waals surface area contributed by atoms with Gasteiger partial charge in [-0.2, -0.15) is 0 Å². The lowest BCUT2D eigenvalue weighted by atomic mass is 10.0. The minimum atomic E-state index is -0.392. The van der Waals surface area contributed by atoms with Gasteiger partial charge in [-0.05, 0) is 41.8 Å². The lowest BCUT2D eigenvalue weighted by molar-refractivity contribution is -0.120. The molecular weight excluding hydrogens is 459 g/mol. The number of amides is 1. The van der Waals surface area contributed by atoms with Crippen molar-refractivity contribution in [3.05, 3.63) is 101 Å². The molecule has 0 saturated carbocycles. The van der Waals surface area contributed by atoms with Crippen LogP contribution < -0.4 is 21.9 Å². The molecule has 0 radical (unpaired) electrons. The van der Waals surface area contributed by atoms with Gasteiger partial charge in [0.1, 0.15) is 5.82 Å². The van der Waals surface area contributed by atoms with E-state index in [0.717, 1.165) is 5.56 Å². The predicted molar refractivity (Wildman–Crippen MR) is 138 cm³/mol. The van der Waals surface area contributed by atoms with Gasteiger partial charge in [0.15, 0.2) is 0 Å². The van der Waals surface area contributed by atoms with E-state index in [1.54, 1.807) is 43.7 Å². The van der Waals surface area contributed by atoms with Gasteiger partial charge in [-0.15, -0.1) is 0 Å². The van der Waals surface area contributed by atoms with Crippen molar-refractivity contribution in [1.29, 1.82) is 0 Å². The van der Waals surface area contributed by atoms with E-state index in [9.17, 15) is 14.0 Å². The van der Waals surface area contributed by atoms with Crippen LogP contribution >= 0.6 is 0 Å². The molecule has 1 atom stereocenters. The summed E-state index contributed by atoms with van der Waals surface area (Å²) in [5, 5.41) is 6.15. The fourth-order valence-electron chi connectivity index (χ4n) is 3.93. The zero-order chi connectivity index (χ0) is 25.5. The second kappa shape index (κ2) is 11.4. The molecule has 1 amide bonds. The van der Waals surface area contributed by atoms with Crippen LogP contribution in [0.1, 0.15) is 5.56 Å². The fraction of sp³-hybridized carbons (Fsp3) is 0.185. The molecule has 4 aromatic rings. The molecule has 8 nitrogen and oxygen atoms in total. The normalized spacial score (nSPS) is 11.6. The van der Waals surface area contributed by atoms with E-state index in [1.807, 2.05) is 30.3 Å². The van der Waals surface area contributed by atoms with Crippen LogP contribution in [0.25, 0.3) is 22.4 Å². The van der Waals surface area contributed by atoms with Gasteiger partial charge in [-0.3, -0.25) is 19.1 Å². The summed E-state index contributed by atoms with van der Waals surface area (Å²) in [6.07, 6.45) is 3.81. The van der Waals surface area contributed by atoms with E-state index < -0.39 is 5.82 Å². The number of nitrogens with two attached hydrogens (primary N) is 1. The van der Waals surface area contributed by atoms with Crippen molar-refractivity contribution in [3.8, 4) is 22.4 Å². The van der Waals surface area contributed by atoms with Crippen LogP contribution in [0.2, 0.25) is 0 Å². The summed E-state index contributed by atoms with van der Waals surface area (Å²) < 4.78 is 15.0. The van der Waals surface area contributed by atoms with E-state index in [4.69, 9.17) is 10.7 Å². The lowest BCUT2D eigenvalue weighted by Gasteiger charge is -2.21. The summed E-state index contributed by atoms with van der Waals surface area (Å²) in [6.45, 7) is 0.188. The Hall–Kier alpha value is -4.37. The van der Waals surface area contributed by atoms with E-state index in [1.165, 1.54) is 16.7 Å². The first-order valence-corrected chi connectivity index (χ1v) is 11.5. The van der Waals surface area contributed by atoms with Crippen LogP contribution in [0.4, 0.5) is 10.3 Å². The van der Waals surface area contributed by atoms with Crippen molar-refractivity contribution >= 4 is 11.9 Å². The van der Waals surface area contributed by atoms with Crippen LogP contribution in [0, 0.1) is 5.82 Å². The Balaban J connectivity index is 1.70. The Morgan fingerprint density at radius 2 is 1.72 bits per heavy atom. The standard InChI is InChI=1S/C27H27FN6O2/c1-34-26(36)24(19-7-9-21(28)10-8-19)25(20-11-13-30-14-12-20)33-27(34)31-17-22(32-23(35)16-29)15-18-5-3-2-4-6-18/h2-14,22H,15-17,29H2,1H3,(H,31,33)(H,32,35). The number of carbonyl (C=O) groups is 1. The summed E-state index contributed by atoms with van der Waals surface area (Å²) in [7, 11) is 1.62. The summed E-state index contributed by atoms with van der Waals surface area (Å²) in [6, 6.07) is 18.7. The second-order valence-corrected chi connectivity index (χ2v) is 8.31. The first-order valence-electron chi connectivity index (χ1n) is 11.5. The van der Waals surface area contributed by atoms with Gasteiger partial charge in [-0.1, -0.05) is 42.5 Å². The Bertz CT molecular complexity index is 1380. The van der Waals surface area contributed by atoms with E-state index in [-0.39, 0.29) is 24.1 Å². The average Bonchev–Trinajstić information content (AvgIpc) is 2.91. The maximum absolute atomic E-state index is 13.6. The third-order valence-corrected chi connectivity index (χ3v) is 5.76. The molecule has 184 valence electrons. The zero-order valence-electron chi connectivity index (χ0n) is 19.8. The number of aromatic nitrogens is 3. The van der Waals surface area contributed by atoms with Crippen molar-refractivity contribution in [2.75, 3.05) is 18.4 Å². The number of pyridine rings is 1. The van der Waals surface area contributed by atoms with Crippen LogP contribution in [0.3, 0.4) is 0 Å². The number of benzene rings is 2. The highest BCUT2D eigenvalue weighted by Gasteiger charge is 2.19. The van der Waals surface area contributed by atoms with Crippen molar-refractivity contribution in [2.45, 2.75) is 12.5 Å². The van der Waals surface area contributed by atoms with Gasteiger partial charge in [0.25, 0.3) is 5.56 Å². The van der Waals surface area contributed by atoms with Crippen LogP contribution in [0.15, 0.2) is 83.9 Å². The number of hydrogen-bond acceptors (Lipinski definition) is 6. The van der Waals surface area contributed by atoms with Crippen molar-refractivity contribution in [1.82, 2.24) is 19.9 Å². The number of anilines is 1. The Labute approximate surface area is 208 Å². The van der Waals surface area contributed by atoms with Crippen molar-refractivity contribution in [3.63, 3.8) is 0 Å². The van der Waals surface area contributed by atoms with Crippen LogP contribution in [-0.2, 0) is 18.3 Å². The van der Waals surface area contributed by atoms with E-state index in [0.29, 0.717) is 41.3 Å². The number of rotatable bonds is 9. The van der Waals surface area contributed by atoms with Crippen LogP contribution in [-0.4, -0.2) is 39.6 Å². The van der Waals surface area contributed by atoms with E-state index in [2.05, 4.69) is 15.6 Å². The maximum atomic E-state index is 13.6. The molecule has 9 heteroatoms. The summed E-state index contributed by atoms with van der Waals surface area (Å²) in [4.78, 5) is 34.4. The monoisotopic (exact) mass is 486 g/mol. The Morgan fingerprint density at radius 3 is 2.39 bits per heavy atom. The predicted octanol–water partition coefficient (Wildman–Crippen LogP) is 2.75. The number of nitrogens with one attached hydrogen (secondary N) is 2. The minimum absolute atomic E-state index is 0.124. The third kappa shape index (κ3) is 5.81. The molecule has 4 N–H and O–H groups in total. The van der Waals surface area contributed by atoms with Crippen molar-refractivity contribution < 1.29 is 9.18 Å². The molecule has 0 aliphatic rings. The molecule has 0 spiro atoms. The van der Waals surface area contributed by atoms with Gasteiger partial charge < -0.3 is 16.4 Å². The molecule has 0 aliphatic heterocycles. The second-order valence-electron chi connectivity index (χ2n) is 8.31. The van der Waals surface area contributed by atoms with Gasteiger partial charge in [0, 0.05) is 31.5 Å². The molecule has 0 saturated heterocycles. The fourth-order valence-corrected chi connectivity index (χ4v) is 3.93. The molecular formula is C27H27FN6O2. The first-order chi connectivity index (χ1) is 17.5. The number of carbonyl (C=O) groups excluding carboxylic acids is 1. The van der Waals surface area contributed by atoms with Gasteiger partial charge in [0.2, 0.25) is 11.9 Å². The highest BCUT2D eigenvalue weighted by molar-refractivity contribution is 5.81. The minimum Gasteiger partial charge on any atom is -0.353 e. The first kappa shape index (κ1) is 24.7. The Morgan fingerprint density at radius 1 is 1.03 bits per heavy atom. The largest absolute Gasteiger partial charge is 0.353 e. The van der Waals surface area contributed by atoms with Crippen LogP contribution in [0.5, 0.6) is 0 Å². The molecule has 36 heavy (non-hydrogen) atoms. The highest BCUT2D eigenvalue weighted by atomic mass is 19.1. The summed E-state index contributed by atoms with van der Waals surface area (Å²) in [5.74, 6) is -0.335. The molecule has 2 aromatic carbocycles. The maximum Gasteiger partial charge on any atom is 0.263 e. The number of nitrogens with zero attached hydrogens (tertiary/aromatic N) is 3. The van der Waals surface area contributed by atoms with Crippen molar-refractivity contribution in [2.24, 2.45) is 12.8 Å². The van der Waals surface area contributed by atoms with E-state index >= 15 is 0 Å². The van der Waals surface area contributed by atoms with Gasteiger partial charge >= 0.3 is 0 Å². The van der Waals surface area contributed by atoms with Gasteiger partial charge in [-0.25, -0.2) is 9.37 Å². The molecule has 2 heterocycles. The smallest absolute Gasteiger partial charge is 0.263 e. The molecule has 2 aromatic heterocycles. The zero-order valence-corrected chi connectivity index (χ0v) is 19.8. The summed E-state index contributed by atoms with van der Waals surface area (Å²) in [5.41, 5.74) is 8.32.